The van der Waals surface area contributed by atoms with Gasteiger partial charge in [0.15, 0.2) is 0 Å². The summed E-state index contributed by atoms with van der Waals surface area (Å²) in [6.07, 6.45) is 0. The van der Waals surface area contributed by atoms with Crippen LogP contribution in [0.1, 0.15) is 0 Å². The number of hydrogen-bond acceptors (Lipinski definition) is 6. The molecule has 3 aliphatic heterocycles. The highest BCUT2D eigenvalue weighted by Crippen LogP contribution is 2.68. The topological polar surface area (TPSA) is 80.6 Å². The molecule has 3 fully saturated rings. The SMILES string of the molecule is N#CC12NOP(=O)(O1)O2. The minimum absolute atomic E-state index is 1.58. The molecule has 3 aliphatic rings. The maximum atomic E-state index is 10.6. The largest absolute Gasteiger partial charge is 0.500 e. The number of hydroxylamine groups is 1. The Morgan fingerprint density at radius 2 is 2.33 bits per heavy atom. The van der Waals surface area contributed by atoms with Crippen LogP contribution in [0.2, 0.25) is 0 Å². The van der Waals surface area contributed by atoms with Crippen molar-refractivity contribution in [1.29, 1.82) is 5.26 Å². The predicted octanol–water partition coefficient (Wildman–Crippen LogP) is -0.147. The van der Waals surface area contributed by atoms with Crippen LogP contribution in [-0.2, 0) is 18.2 Å². The number of phosphoric acid groups is 1. The molecule has 2 bridgehead atoms. The molecule has 0 atom stereocenters. The van der Waals surface area contributed by atoms with E-state index in [1.54, 1.807) is 6.07 Å². The van der Waals surface area contributed by atoms with E-state index in [0.717, 1.165) is 0 Å². The van der Waals surface area contributed by atoms with Crippen molar-refractivity contribution >= 4 is 7.82 Å². The van der Waals surface area contributed by atoms with Gasteiger partial charge in [0.05, 0.1) is 0 Å². The number of fused-ring (bicyclic) bond motifs is 1. The van der Waals surface area contributed by atoms with Gasteiger partial charge in [0.25, 0.3) is 0 Å². The fraction of sp³-hybridized carbons (Fsp3) is 0.500. The van der Waals surface area contributed by atoms with Crippen LogP contribution < -0.4 is 5.48 Å². The van der Waals surface area contributed by atoms with Crippen molar-refractivity contribution < 1.29 is 18.2 Å². The summed E-state index contributed by atoms with van der Waals surface area (Å²) in [5.41, 5.74) is 2.03. The van der Waals surface area contributed by atoms with E-state index in [1.165, 1.54) is 0 Å². The highest BCUT2D eigenvalue weighted by Gasteiger charge is 2.67. The van der Waals surface area contributed by atoms with E-state index in [2.05, 4.69) is 13.7 Å². The van der Waals surface area contributed by atoms with Crippen LogP contribution in [-0.4, -0.2) is 5.91 Å². The van der Waals surface area contributed by atoms with E-state index in [-0.39, 0.29) is 0 Å². The molecule has 3 rings (SSSR count). The molecule has 48 valence electrons. The number of phosphoric ester groups is 1. The highest BCUT2D eigenvalue weighted by molar-refractivity contribution is 7.50. The van der Waals surface area contributed by atoms with Crippen molar-refractivity contribution in [2.75, 3.05) is 0 Å². The zero-order valence-electron chi connectivity index (χ0n) is 4.03. The van der Waals surface area contributed by atoms with Crippen LogP contribution in [0.25, 0.3) is 0 Å². The minimum Gasteiger partial charge on any atom is -0.226 e. The van der Waals surface area contributed by atoms with E-state index >= 15 is 0 Å². The van der Waals surface area contributed by atoms with Gasteiger partial charge in [0.1, 0.15) is 6.07 Å². The Morgan fingerprint density at radius 3 is 2.56 bits per heavy atom. The number of nitrogens with zero attached hydrogens (tertiary/aromatic N) is 1. The number of nitriles is 1. The van der Waals surface area contributed by atoms with Gasteiger partial charge in [-0.2, -0.15) is 9.89 Å². The van der Waals surface area contributed by atoms with Crippen molar-refractivity contribution in [1.82, 2.24) is 5.48 Å². The Morgan fingerprint density at radius 1 is 1.67 bits per heavy atom. The van der Waals surface area contributed by atoms with E-state index < -0.39 is 13.7 Å². The normalized spacial score (nSPS) is 54.1. The van der Waals surface area contributed by atoms with Crippen LogP contribution in [0.15, 0.2) is 0 Å². The van der Waals surface area contributed by atoms with Gasteiger partial charge >= 0.3 is 13.7 Å². The summed E-state index contributed by atoms with van der Waals surface area (Å²) < 4.78 is 23.6. The van der Waals surface area contributed by atoms with Crippen LogP contribution >= 0.6 is 7.82 Å². The fourth-order valence-corrected chi connectivity index (χ4v) is 1.68. The highest BCUT2D eigenvalue weighted by atomic mass is 31.2. The summed E-state index contributed by atoms with van der Waals surface area (Å²) >= 11 is 0. The molecule has 0 aliphatic carbocycles. The molecule has 7 heteroatoms. The van der Waals surface area contributed by atoms with Crippen molar-refractivity contribution in [3.05, 3.63) is 0 Å². The monoisotopic (exact) mass is 148 g/mol. The van der Waals surface area contributed by atoms with Gasteiger partial charge in [-0.3, -0.25) is 0 Å². The Hall–Kier alpha value is -0.440. The zero-order chi connectivity index (χ0) is 6.54. The summed E-state index contributed by atoms with van der Waals surface area (Å²) in [4.78, 5) is 0. The molecule has 0 amide bonds. The lowest BCUT2D eigenvalue weighted by Gasteiger charge is -2.24. The molecule has 0 aromatic carbocycles. The molecule has 3 saturated heterocycles. The molecule has 0 aromatic heterocycles. The first-order valence-electron chi connectivity index (χ1n) is 2.07. The second-order valence-corrected chi connectivity index (χ2v) is 2.99. The average molecular weight is 148 g/mol. The predicted molar refractivity (Wildman–Crippen MR) is 22.3 cm³/mol. The maximum absolute atomic E-state index is 10.6. The summed E-state index contributed by atoms with van der Waals surface area (Å²) in [6, 6.07) is 1.58. The minimum atomic E-state index is -3.32. The summed E-state index contributed by atoms with van der Waals surface area (Å²) in [5.74, 6) is -1.59. The van der Waals surface area contributed by atoms with Gasteiger partial charge in [-0.25, -0.2) is 13.6 Å². The third-order valence-corrected chi connectivity index (χ3v) is 2.20. The van der Waals surface area contributed by atoms with Gasteiger partial charge in [0.2, 0.25) is 0 Å². The molecule has 6 nitrogen and oxygen atoms in total. The standard InChI is InChI=1S/C2HN2O4P/c3-1-2-4-8-9(5,6-2)7-2/h4H. The second kappa shape index (κ2) is 1.19. The fourth-order valence-electron chi connectivity index (χ4n) is 0.576. The Balaban J connectivity index is 2.33. The molecular weight excluding hydrogens is 147 g/mol. The zero-order valence-corrected chi connectivity index (χ0v) is 4.92. The lowest BCUT2D eigenvalue weighted by atomic mass is 10.6. The number of nitrogens with one attached hydrogen (secondary N) is 1. The molecule has 0 spiro atoms. The van der Waals surface area contributed by atoms with Gasteiger partial charge in [-0.15, -0.1) is 5.48 Å². The van der Waals surface area contributed by atoms with E-state index in [0.29, 0.717) is 0 Å². The lowest BCUT2D eigenvalue weighted by molar-refractivity contribution is -0.144. The summed E-state index contributed by atoms with van der Waals surface area (Å²) in [6.45, 7) is 0. The molecule has 0 saturated carbocycles. The quantitative estimate of drug-likeness (QED) is 0.481. The number of hydrogen-bond donors (Lipinski definition) is 1. The molecular formula is C2HN2O4P. The van der Waals surface area contributed by atoms with Crippen molar-refractivity contribution in [3.63, 3.8) is 0 Å². The van der Waals surface area contributed by atoms with Crippen LogP contribution in [0.5, 0.6) is 0 Å². The third-order valence-electron chi connectivity index (χ3n) is 0.920. The molecule has 9 heavy (non-hydrogen) atoms. The van der Waals surface area contributed by atoms with E-state index in [4.69, 9.17) is 5.26 Å². The molecule has 3 heterocycles. The van der Waals surface area contributed by atoms with Crippen molar-refractivity contribution in [3.8, 4) is 6.07 Å². The molecule has 0 unspecified atom stereocenters. The number of rotatable bonds is 0. The Bertz CT molecular complexity index is 233. The summed E-state index contributed by atoms with van der Waals surface area (Å²) in [5, 5.41) is 8.21. The van der Waals surface area contributed by atoms with Crippen LogP contribution in [0.3, 0.4) is 0 Å². The first kappa shape index (κ1) is 5.35. The smallest absolute Gasteiger partial charge is 0.226 e. The first-order valence-corrected chi connectivity index (χ1v) is 3.53. The van der Waals surface area contributed by atoms with Crippen molar-refractivity contribution in [2.24, 2.45) is 0 Å². The van der Waals surface area contributed by atoms with E-state index in [1.807, 2.05) is 5.48 Å². The molecule has 0 aromatic rings. The maximum Gasteiger partial charge on any atom is 0.500 e. The molecule has 0 radical (unpaired) electrons. The van der Waals surface area contributed by atoms with Gasteiger partial charge in [0, 0.05) is 0 Å². The Kier molecular flexibility index (Phi) is 0.706. The van der Waals surface area contributed by atoms with Crippen LogP contribution in [0.4, 0.5) is 0 Å². The van der Waals surface area contributed by atoms with E-state index in [9.17, 15) is 4.57 Å². The second-order valence-electron chi connectivity index (χ2n) is 1.55. The lowest BCUT2D eigenvalue weighted by Crippen LogP contribution is -2.42. The Labute approximate surface area is 49.9 Å². The van der Waals surface area contributed by atoms with Gasteiger partial charge in [-0.1, -0.05) is 0 Å². The molecule has 1 N–H and O–H groups in total. The van der Waals surface area contributed by atoms with Crippen LogP contribution in [0, 0.1) is 11.3 Å². The van der Waals surface area contributed by atoms with Gasteiger partial charge < -0.3 is 0 Å². The third kappa shape index (κ3) is 0.503. The van der Waals surface area contributed by atoms with Gasteiger partial charge in [-0.05, 0) is 0 Å². The van der Waals surface area contributed by atoms with Crippen molar-refractivity contribution in [2.45, 2.75) is 5.91 Å². The average Bonchev–Trinajstić information content (AvgIpc) is 2.20. The first-order chi connectivity index (χ1) is 4.18. The summed E-state index contributed by atoms with van der Waals surface area (Å²) in [7, 11) is -3.32.